The Kier molecular flexibility index (Phi) is 5.97. The number of carbonyl (C=O) groups excluding carboxylic acids is 1. The van der Waals surface area contributed by atoms with Gasteiger partial charge in [0.05, 0.1) is 0 Å². The molecule has 4 N–H and O–H groups in total. The maximum absolute atomic E-state index is 12.4. The number of nitrogens with one attached hydrogen (secondary N) is 1. The Morgan fingerprint density at radius 1 is 1.30 bits per heavy atom. The highest BCUT2D eigenvalue weighted by atomic mass is 16.3. The van der Waals surface area contributed by atoms with Crippen LogP contribution < -0.4 is 11.1 Å². The number of hydrogen-bond donors (Lipinski definition) is 3. The Morgan fingerprint density at radius 3 is 2.52 bits per heavy atom. The highest BCUT2D eigenvalue weighted by Gasteiger charge is 2.23. The number of aromatic hydroxyl groups is 1. The number of phenolic OH excluding ortho intramolecular Hbond substituents is 1. The van der Waals surface area contributed by atoms with Gasteiger partial charge in [-0.2, -0.15) is 5.26 Å². The fourth-order valence-electron chi connectivity index (χ4n) is 2.38. The molecule has 0 aromatic heterocycles. The largest absolute Gasteiger partial charge is 0.508 e. The van der Waals surface area contributed by atoms with E-state index in [1.165, 1.54) is 18.3 Å². The summed E-state index contributed by atoms with van der Waals surface area (Å²) in [7, 11) is 0. The van der Waals surface area contributed by atoms with Gasteiger partial charge in [0.1, 0.15) is 17.4 Å². The van der Waals surface area contributed by atoms with Crippen molar-refractivity contribution in [1.29, 1.82) is 5.26 Å². The molecular weight excluding hydrogens is 294 g/mol. The van der Waals surface area contributed by atoms with E-state index < -0.39 is 0 Å². The van der Waals surface area contributed by atoms with Gasteiger partial charge in [-0.25, -0.2) is 0 Å². The standard InChI is InChI=1S/C16H21N5O2/c17-5-6-20-7-9-21(10-8-20)16(23)13(11-18)12-19-14-1-3-15(22)4-2-14/h1-4,12,19,22H,5-10,17H2/b13-12-. The first-order chi connectivity index (χ1) is 11.1. The molecule has 122 valence electrons. The number of anilines is 1. The average Bonchev–Trinajstić information content (AvgIpc) is 2.58. The Balaban J connectivity index is 1.95. The summed E-state index contributed by atoms with van der Waals surface area (Å²) in [5.74, 6) is -0.113. The molecule has 1 amide bonds. The second-order valence-corrected chi connectivity index (χ2v) is 5.28. The van der Waals surface area contributed by atoms with Gasteiger partial charge in [-0.1, -0.05) is 0 Å². The van der Waals surface area contributed by atoms with Crippen LogP contribution in [-0.2, 0) is 4.79 Å². The van der Waals surface area contributed by atoms with E-state index in [2.05, 4.69) is 10.2 Å². The summed E-state index contributed by atoms with van der Waals surface area (Å²) >= 11 is 0. The Bertz CT molecular complexity index is 598. The SMILES string of the molecule is N#C/C(=C/Nc1ccc(O)cc1)C(=O)N1CCN(CCN)CC1. The van der Waals surface area contributed by atoms with Crippen LogP contribution in [0.15, 0.2) is 36.0 Å². The summed E-state index contributed by atoms with van der Waals surface area (Å²) in [6, 6.07) is 8.33. The van der Waals surface area contributed by atoms with Gasteiger partial charge in [-0.3, -0.25) is 9.69 Å². The smallest absolute Gasteiger partial charge is 0.266 e. The summed E-state index contributed by atoms with van der Waals surface area (Å²) in [4.78, 5) is 16.3. The van der Waals surface area contributed by atoms with Crippen LogP contribution >= 0.6 is 0 Å². The molecule has 1 heterocycles. The highest BCUT2D eigenvalue weighted by Crippen LogP contribution is 2.14. The van der Waals surface area contributed by atoms with Crippen molar-refractivity contribution in [2.45, 2.75) is 0 Å². The lowest BCUT2D eigenvalue weighted by atomic mass is 10.2. The van der Waals surface area contributed by atoms with E-state index in [-0.39, 0.29) is 17.2 Å². The number of nitriles is 1. The van der Waals surface area contributed by atoms with Gasteiger partial charge >= 0.3 is 0 Å². The topological polar surface area (TPSA) is 106 Å². The van der Waals surface area contributed by atoms with E-state index >= 15 is 0 Å². The first-order valence-corrected chi connectivity index (χ1v) is 7.51. The average molecular weight is 315 g/mol. The zero-order chi connectivity index (χ0) is 16.7. The second kappa shape index (κ2) is 8.17. The number of nitrogens with two attached hydrogens (primary N) is 1. The van der Waals surface area contributed by atoms with Crippen LogP contribution in [0.1, 0.15) is 0 Å². The summed E-state index contributed by atoms with van der Waals surface area (Å²) in [6.45, 7) is 4.16. The van der Waals surface area contributed by atoms with Crippen LogP contribution in [0.4, 0.5) is 5.69 Å². The first kappa shape index (κ1) is 16.8. The van der Waals surface area contributed by atoms with Crippen LogP contribution in [0.3, 0.4) is 0 Å². The summed E-state index contributed by atoms with van der Waals surface area (Å²) in [5.41, 5.74) is 6.28. The fourth-order valence-corrected chi connectivity index (χ4v) is 2.38. The minimum absolute atomic E-state index is 0.0605. The van der Waals surface area contributed by atoms with Gasteiger partial charge in [0, 0.05) is 51.2 Å². The zero-order valence-corrected chi connectivity index (χ0v) is 12.9. The predicted octanol–water partition coefficient (Wildman–Crippen LogP) is 0.314. The molecule has 7 heteroatoms. The van der Waals surface area contributed by atoms with Crippen LogP contribution in [0.2, 0.25) is 0 Å². The quantitative estimate of drug-likeness (QED) is 0.410. The van der Waals surface area contributed by atoms with Crippen molar-refractivity contribution in [3.63, 3.8) is 0 Å². The molecule has 0 saturated carbocycles. The summed E-state index contributed by atoms with van der Waals surface area (Å²) < 4.78 is 0. The van der Waals surface area contributed by atoms with E-state index in [0.29, 0.717) is 25.3 Å². The van der Waals surface area contributed by atoms with E-state index in [4.69, 9.17) is 5.73 Å². The van der Waals surface area contributed by atoms with Crippen molar-refractivity contribution >= 4 is 11.6 Å². The molecule has 1 aromatic rings. The predicted molar refractivity (Wildman–Crippen MR) is 87.5 cm³/mol. The monoisotopic (exact) mass is 315 g/mol. The van der Waals surface area contributed by atoms with E-state index in [1.807, 2.05) is 6.07 Å². The van der Waals surface area contributed by atoms with Crippen LogP contribution in [0, 0.1) is 11.3 Å². The minimum Gasteiger partial charge on any atom is -0.508 e. The molecule has 0 atom stereocenters. The number of amides is 1. The van der Waals surface area contributed by atoms with Gasteiger partial charge in [0.15, 0.2) is 0 Å². The third kappa shape index (κ3) is 4.71. The number of rotatable bonds is 5. The molecule has 0 spiro atoms. The second-order valence-electron chi connectivity index (χ2n) is 5.28. The first-order valence-electron chi connectivity index (χ1n) is 7.51. The third-order valence-corrected chi connectivity index (χ3v) is 3.71. The van der Waals surface area contributed by atoms with Gasteiger partial charge < -0.3 is 21.1 Å². The van der Waals surface area contributed by atoms with Crippen LogP contribution in [-0.4, -0.2) is 60.1 Å². The molecule has 23 heavy (non-hydrogen) atoms. The Labute approximate surface area is 135 Å². The number of piperazine rings is 1. The van der Waals surface area contributed by atoms with Gasteiger partial charge in [-0.15, -0.1) is 0 Å². The summed E-state index contributed by atoms with van der Waals surface area (Å²) in [5, 5.41) is 21.3. The normalized spacial score (nSPS) is 16.0. The Hall–Kier alpha value is -2.56. The molecule has 1 aliphatic rings. The van der Waals surface area contributed by atoms with E-state index in [0.717, 1.165) is 19.6 Å². The van der Waals surface area contributed by atoms with Crippen molar-refractivity contribution in [1.82, 2.24) is 9.80 Å². The molecule has 2 rings (SSSR count). The third-order valence-electron chi connectivity index (χ3n) is 3.71. The lowest BCUT2D eigenvalue weighted by Crippen LogP contribution is -2.50. The van der Waals surface area contributed by atoms with Gasteiger partial charge in [0.25, 0.3) is 5.91 Å². The maximum Gasteiger partial charge on any atom is 0.266 e. The molecule has 1 aliphatic heterocycles. The molecule has 0 aliphatic carbocycles. The molecule has 7 nitrogen and oxygen atoms in total. The Morgan fingerprint density at radius 2 is 1.96 bits per heavy atom. The summed E-state index contributed by atoms with van der Waals surface area (Å²) in [6.07, 6.45) is 1.40. The minimum atomic E-state index is -0.272. The van der Waals surface area contributed by atoms with E-state index in [1.54, 1.807) is 17.0 Å². The molecule has 1 fully saturated rings. The van der Waals surface area contributed by atoms with Crippen LogP contribution in [0.25, 0.3) is 0 Å². The number of nitrogens with zero attached hydrogens (tertiary/aromatic N) is 3. The molecule has 0 unspecified atom stereocenters. The van der Waals surface area contributed by atoms with Crippen molar-refractivity contribution in [2.75, 3.05) is 44.6 Å². The molecule has 0 bridgehead atoms. The number of carbonyl (C=O) groups is 1. The maximum atomic E-state index is 12.4. The van der Waals surface area contributed by atoms with Gasteiger partial charge in [-0.05, 0) is 24.3 Å². The molecule has 0 radical (unpaired) electrons. The van der Waals surface area contributed by atoms with Crippen molar-refractivity contribution < 1.29 is 9.90 Å². The fraction of sp³-hybridized carbons (Fsp3) is 0.375. The molecule has 1 aromatic carbocycles. The van der Waals surface area contributed by atoms with Crippen molar-refractivity contribution in [3.05, 3.63) is 36.0 Å². The number of phenols is 1. The van der Waals surface area contributed by atoms with Crippen molar-refractivity contribution in [3.8, 4) is 11.8 Å². The zero-order valence-electron chi connectivity index (χ0n) is 12.9. The van der Waals surface area contributed by atoms with Crippen LogP contribution in [0.5, 0.6) is 5.75 Å². The lowest BCUT2D eigenvalue weighted by Gasteiger charge is -2.34. The highest BCUT2D eigenvalue weighted by molar-refractivity contribution is 5.97. The number of benzene rings is 1. The van der Waals surface area contributed by atoms with Crippen molar-refractivity contribution in [2.24, 2.45) is 5.73 Å². The molecular formula is C16H21N5O2. The number of hydrogen-bond acceptors (Lipinski definition) is 6. The van der Waals surface area contributed by atoms with Gasteiger partial charge in [0.2, 0.25) is 0 Å². The van der Waals surface area contributed by atoms with E-state index in [9.17, 15) is 15.2 Å². The lowest BCUT2D eigenvalue weighted by molar-refractivity contribution is -0.128. The molecule has 1 saturated heterocycles.